The van der Waals surface area contributed by atoms with Gasteiger partial charge in [-0.2, -0.15) is 0 Å². The van der Waals surface area contributed by atoms with Crippen LogP contribution in [-0.2, 0) is 29.2 Å². The van der Waals surface area contributed by atoms with E-state index in [1.165, 1.54) is 5.56 Å². The Morgan fingerprint density at radius 1 is 1.06 bits per heavy atom. The molecule has 1 heterocycles. The van der Waals surface area contributed by atoms with Crippen LogP contribution in [0.3, 0.4) is 0 Å². The third-order valence-corrected chi connectivity index (χ3v) is 8.30. The number of aromatic hydroxyl groups is 1. The van der Waals surface area contributed by atoms with Gasteiger partial charge in [0.25, 0.3) is 0 Å². The van der Waals surface area contributed by atoms with Crippen molar-refractivity contribution in [1.82, 2.24) is 4.90 Å². The van der Waals surface area contributed by atoms with Crippen LogP contribution < -0.4 is 4.74 Å². The molecule has 1 aliphatic heterocycles. The van der Waals surface area contributed by atoms with Crippen molar-refractivity contribution in [1.29, 1.82) is 4.78 Å². The molecule has 188 valence electrons. The molecule has 2 aromatic rings. The highest BCUT2D eigenvalue weighted by molar-refractivity contribution is 7.92. The fraction of sp³-hybridized carbons (Fsp3) is 0.556. The standard InChI is InChI=1S/C27H39FN2O3S/c1-26(2,3)33-25-16-20(8-11-24(25)31)12-13-27(4,5)30-18-21-9-10-23(17-22(21)19-30)34(29,32)15-7-6-14-28/h8-11,16-17,29,31H,6-7,12-15,18-19H2,1-5H3. The number of aryl methyl sites for hydroxylation is 1. The van der Waals surface area contributed by atoms with E-state index >= 15 is 0 Å². The number of nitrogens with one attached hydrogen (secondary N) is 1. The number of rotatable bonds is 10. The van der Waals surface area contributed by atoms with E-state index in [-0.39, 0.29) is 22.6 Å². The Balaban J connectivity index is 1.66. The lowest BCUT2D eigenvalue weighted by Gasteiger charge is -2.35. The number of benzene rings is 2. The Hall–Kier alpha value is -2.12. The molecule has 0 amide bonds. The van der Waals surface area contributed by atoms with Crippen LogP contribution in [0.15, 0.2) is 41.3 Å². The minimum atomic E-state index is -2.89. The van der Waals surface area contributed by atoms with Crippen LogP contribution in [-0.4, -0.2) is 37.8 Å². The van der Waals surface area contributed by atoms with Gasteiger partial charge in [0.1, 0.15) is 5.60 Å². The number of halogens is 1. The van der Waals surface area contributed by atoms with Crippen molar-refractivity contribution in [2.45, 2.75) is 89.4 Å². The van der Waals surface area contributed by atoms with Crippen molar-refractivity contribution < 1.29 is 18.4 Å². The summed E-state index contributed by atoms with van der Waals surface area (Å²) in [6.07, 6.45) is 2.59. The number of unbranched alkanes of at least 4 members (excludes halogenated alkanes) is 1. The molecule has 1 atom stereocenters. The summed E-state index contributed by atoms with van der Waals surface area (Å²) in [4.78, 5) is 2.98. The summed E-state index contributed by atoms with van der Waals surface area (Å²) in [5.41, 5.74) is 2.99. The summed E-state index contributed by atoms with van der Waals surface area (Å²) >= 11 is 0. The SMILES string of the molecule is CC(C)(C)Oc1cc(CCC(C)(C)N2Cc3ccc(S(=N)(=O)CCCCF)cc3C2)ccc1O. The average molecular weight is 491 g/mol. The van der Waals surface area contributed by atoms with E-state index in [2.05, 4.69) is 18.7 Å². The summed E-state index contributed by atoms with van der Waals surface area (Å²) in [5.74, 6) is 0.868. The lowest BCUT2D eigenvalue weighted by atomic mass is 9.93. The minimum Gasteiger partial charge on any atom is -0.504 e. The first-order valence-corrected chi connectivity index (χ1v) is 13.7. The molecule has 0 spiro atoms. The zero-order valence-corrected chi connectivity index (χ0v) is 21.9. The fourth-order valence-corrected chi connectivity index (χ4v) is 5.72. The van der Waals surface area contributed by atoms with Gasteiger partial charge < -0.3 is 9.84 Å². The third-order valence-electron chi connectivity index (χ3n) is 6.42. The normalized spacial score (nSPS) is 16.3. The first kappa shape index (κ1) is 26.5. The van der Waals surface area contributed by atoms with Gasteiger partial charge in [0.2, 0.25) is 0 Å². The zero-order valence-electron chi connectivity index (χ0n) is 21.1. The van der Waals surface area contributed by atoms with Crippen molar-refractivity contribution in [3.63, 3.8) is 0 Å². The van der Waals surface area contributed by atoms with Crippen LogP contribution in [0.2, 0.25) is 0 Å². The lowest BCUT2D eigenvalue weighted by Crippen LogP contribution is -2.40. The molecule has 0 radical (unpaired) electrons. The van der Waals surface area contributed by atoms with Crippen molar-refractivity contribution >= 4 is 9.73 Å². The predicted molar refractivity (Wildman–Crippen MR) is 136 cm³/mol. The molecule has 7 heteroatoms. The number of hydrogen-bond donors (Lipinski definition) is 2. The van der Waals surface area contributed by atoms with Crippen molar-refractivity contribution in [3.05, 3.63) is 53.1 Å². The van der Waals surface area contributed by atoms with Crippen molar-refractivity contribution in [2.75, 3.05) is 12.4 Å². The molecule has 0 bridgehead atoms. The minimum absolute atomic E-state index is 0.0778. The van der Waals surface area contributed by atoms with Crippen LogP contribution in [0.25, 0.3) is 0 Å². The van der Waals surface area contributed by atoms with E-state index in [0.717, 1.165) is 37.1 Å². The molecule has 0 aliphatic carbocycles. The quantitative estimate of drug-likeness (QED) is 0.375. The summed E-state index contributed by atoms with van der Waals surface area (Å²) < 4.78 is 39.4. The monoisotopic (exact) mass is 490 g/mol. The number of fused-ring (bicyclic) bond motifs is 1. The van der Waals surface area contributed by atoms with Gasteiger partial charge in [0.15, 0.2) is 11.5 Å². The second-order valence-corrected chi connectivity index (χ2v) is 13.1. The van der Waals surface area contributed by atoms with E-state index in [1.54, 1.807) is 6.07 Å². The molecule has 34 heavy (non-hydrogen) atoms. The summed E-state index contributed by atoms with van der Waals surface area (Å²) in [5, 5.41) is 10.2. The molecule has 2 aromatic carbocycles. The van der Waals surface area contributed by atoms with Crippen LogP contribution in [0.5, 0.6) is 11.5 Å². The molecular formula is C27H39FN2O3S. The maximum absolute atomic E-state index is 12.8. The Morgan fingerprint density at radius 2 is 1.76 bits per heavy atom. The van der Waals surface area contributed by atoms with Crippen LogP contribution in [0.4, 0.5) is 4.39 Å². The molecule has 0 saturated carbocycles. The van der Waals surface area contributed by atoms with Gasteiger partial charge in [-0.05, 0) is 101 Å². The number of alkyl halides is 1. The third kappa shape index (κ3) is 6.72. The second-order valence-electron chi connectivity index (χ2n) is 10.9. The lowest BCUT2D eigenvalue weighted by molar-refractivity contribution is 0.109. The number of hydrogen-bond acceptors (Lipinski definition) is 5. The van der Waals surface area contributed by atoms with E-state index in [9.17, 15) is 13.7 Å². The first-order chi connectivity index (χ1) is 15.8. The van der Waals surface area contributed by atoms with Crippen LogP contribution in [0, 0.1) is 4.78 Å². The Labute approximate surface area is 204 Å². The van der Waals surface area contributed by atoms with Crippen molar-refractivity contribution in [2.24, 2.45) is 0 Å². The van der Waals surface area contributed by atoms with Gasteiger partial charge in [-0.25, -0.2) is 8.99 Å². The number of ether oxygens (including phenoxy) is 1. The van der Waals surface area contributed by atoms with Gasteiger partial charge in [0, 0.05) is 29.3 Å². The first-order valence-electron chi connectivity index (χ1n) is 12.0. The Bertz CT molecular complexity index is 1110. The summed E-state index contributed by atoms with van der Waals surface area (Å²) in [6, 6.07) is 11.3. The largest absolute Gasteiger partial charge is 0.504 e. The molecule has 5 nitrogen and oxygen atoms in total. The molecule has 0 fully saturated rings. The highest BCUT2D eigenvalue weighted by Gasteiger charge is 2.32. The molecule has 2 N–H and O–H groups in total. The summed E-state index contributed by atoms with van der Waals surface area (Å²) in [7, 11) is -2.89. The topological polar surface area (TPSA) is 73.6 Å². The van der Waals surface area contributed by atoms with Crippen LogP contribution >= 0.6 is 0 Å². The molecule has 0 aromatic heterocycles. The van der Waals surface area contributed by atoms with Crippen molar-refractivity contribution in [3.8, 4) is 11.5 Å². The number of nitrogens with zero attached hydrogens (tertiary/aromatic N) is 1. The number of phenols is 1. The average Bonchev–Trinajstić information content (AvgIpc) is 3.18. The van der Waals surface area contributed by atoms with E-state index in [4.69, 9.17) is 9.52 Å². The van der Waals surface area contributed by atoms with Gasteiger partial charge in [-0.3, -0.25) is 9.29 Å². The predicted octanol–water partition coefficient (Wildman–Crippen LogP) is 6.45. The Kier molecular flexibility index (Phi) is 7.98. The van der Waals surface area contributed by atoms with Gasteiger partial charge in [-0.15, -0.1) is 0 Å². The zero-order chi connectivity index (χ0) is 25.1. The van der Waals surface area contributed by atoms with E-state index in [1.807, 2.05) is 51.1 Å². The maximum Gasteiger partial charge on any atom is 0.161 e. The second kappa shape index (κ2) is 10.2. The van der Waals surface area contributed by atoms with Gasteiger partial charge in [-0.1, -0.05) is 12.1 Å². The summed E-state index contributed by atoms with van der Waals surface area (Å²) in [6.45, 7) is 11.5. The molecule has 1 aliphatic rings. The highest BCUT2D eigenvalue weighted by atomic mass is 32.2. The van der Waals surface area contributed by atoms with Gasteiger partial charge >= 0.3 is 0 Å². The molecule has 3 rings (SSSR count). The van der Waals surface area contributed by atoms with E-state index in [0.29, 0.717) is 23.5 Å². The Morgan fingerprint density at radius 3 is 2.44 bits per heavy atom. The highest BCUT2D eigenvalue weighted by Crippen LogP contribution is 2.35. The number of phenolic OH excluding ortho intramolecular Hbond substituents is 1. The maximum atomic E-state index is 12.8. The molecule has 0 saturated heterocycles. The van der Waals surface area contributed by atoms with E-state index < -0.39 is 16.4 Å². The molecular weight excluding hydrogens is 451 g/mol. The van der Waals surface area contributed by atoms with Gasteiger partial charge in [0.05, 0.1) is 16.4 Å². The molecule has 1 unspecified atom stereocenters. The smallest absolute Gasteiger partial charge is 0.161 e. The fourth-order valence-electron chi connectivity index (χ4n) is 4.26. The van der Waals surface area contributed by atoms with Crippen LogP contribution in [0.1, 0.15) is 70.6 Å².